The second kappa shape index (κ2) is 6.19. The van der Waals surface area contributed by atoms with E-state index in [1.165, 1.54) is 30.7 Å². The molecule has 1 unspecified atom stereocenters. The van der Waals surface area contributed by atoms with Crippen LogP contribution in [0.1, 0.15) is 55.3 Å². The number of carbonyl (C=O) groups is 2. The third-order valence-corrected chi connectivity index (χ3v) is 5.88. The summed E-state index contributed by atoms with van der Waals surface area (Å²) in [7, 11) is 0. The van der Waals surface area contributed by atoms with Crippen molar-refractivity contribution in [3.63, 3.8) is 0 Å². The molecule has 3 atom stereocenters. The van der Waals surface area contributed by atoms with Gasteiger partial charge in [0.25, 0.3) is 5.91 Å². The fourth-order valence-electron chi connectivity index (χ4n) is 4.39. The number of amides is 2. The van der Waals surface area contributed by atoms with Gasteiger partial charge in [-0.1, -0.05) is 6.42 Å². The van der Waals surface area contributed by atoms with Crippen molar-refractivity contribution in [1.29, 1.82) is 0 Å². The first kappa shape index (κ1) is 15.6. The number of carbonyl (C=O) groups excluding carboxylic acids is 2. The molecule has 2 bridgehead atoms. The van der Waals surface area contributed by atoms with E-state index in [-0.39, 0.29) is 35.8 Å². The molecule has 1 aromatic carbocycles. The van der Waals surface area contributed by atoms with Crippen LogP contribution in [-0.2, 0) is 4.79 Å². The van der Waals surface area contributed by atoms with Crippen molar-refractivity contribution in [2.75, 3.05) is 0 Å². The van der Waals surface area contributed by atoms with Crippen molar-refractivity contribution in [2.24, 2.45) is 5.92 Å². The predicted molar refractivity (Wildman–Crippen MR) is 87.9 cm³/mol. The van der Waals surface area contributed by atoms with E-state index in [9.17, 15) is 14.0 Å². The average Bonchev–Trinajstić information content (AvgIpc) is 2.77. The Balaban J connectivity index is 1.38. The number of halogens is 1. The molecule has 2 amide bonds. The van der Waals surface area contributed by atoms with E-state index in [4.69, 9.17) is 0 Å². The van der Waals surface area contributed by atoms with Crippen molar-refractivity contribution < 1.29 is 14.0 Å². The van der Waals surface area contributed by atoms with Gasteiger partial charge in [-0.05, 0) is 62.8 Å². The maximum atomic E-state index is 13.0. The van der Waals surface area contributed by atoms with Crippen LogP contribution in [-0.4, -0.2) is 34.8 Å². The molecule has 1 aromatic rings. The molecule has 0 spiro atoms. The van der Waals surface area contributed by atoms with Gasteiger partial charge < -0.3 is 10.2 Å². The molecule has 2 saturated heterocycles. The van der Waals surface area contributed by atoms with Gasteiger partial charge in [0.15, 0.2) is 0 Å². The minimum absolute atomic E-state index is 0.102. The van der Waals surface area contributed by atoms with E-state index < -0.39 is 0 Å². The van der Waals surface area contributed by atoms with Crippen LogP contribution in [0.5, 0.6) is 0 Å². The minimum atomic E-state index is -0.340. The number of fused-ring (bicyclic) bond motifs is 2. The SMILES string of the molecule is O=C(NC1C[C@H]2CC[C@@H](C1)N2C(=O)C1CCC1)c1ccc(F)cc1. The normalized spacial score (nSPS) is 29.2. The monoisotopic (exact) mass is 330 g/mol. The first-order valence-corrected chi connectivity index (χ1v) is 9.00. The molecule has 4 rings (SSSR count). The Hall–Kier alpha value is -1.91. The molecule has 2 heterocycles. The largest absolute Gasteiger partial charge is 0.349 e. The molecular formula is C19H23FN2O2. The number of hydrogen-bond donors (Lipinski definition) is 1. The fraction of sp³-hybridized carbons (Fsp3) is 0.579. The molecule has 128 valence electrons. The number of piperidine rings is 1. The number of rotatable bonds is 3. The molecule has 1 N–H and O–H groups in total. The van der Waals surface area contributed by atoms with Crippen molar-refractivity contribution >= 4 is 11.8 Å². The van der Waals surface area contributed by atoms with Crippen molar-refractivity contribution in [3.8, 4) is 0 Å². The van der Waals surface area contributed by atoms with Crippen LogP contribution in [0.3, 0.4) is 0 Å². The second-order valence-corrected chi connectivity index (χ2v) is 7.41. The lowest BCUT2D eigenvalue weighted by molar-refractivity contribution is -0.143. The summed E-state index contributed by atoms with van der Waals surface area (Å²) in [5.74, 6) is 0.0982. The van der Waals surface area contributed by atoms with Crippen LogP contribution < -0.4 is 5.32 Å². The summed E-state index contributed by atoms with van der Waals surface area (Å²) < 4.78 is 13.0. The van der Waals surface area contributed by atoms with Crippen molar-refractivity contribution in [1.82, 2.24) is 10.2 Å². The third-order valence-electron chi connectivity index (χ3n) is 5.88. The van der Waals surface area contributed by atoms with Crippen LogP contribution in [0, 0.1) is 11.7 Å². The molecule has 0 aromatic heterocycles. The molecule has 3 fully saturated rings. The first-order chi connectivity index (χ1) is 11.6. The predicted octanol–water partition coefficient (Wildman–Crippen LogP) is 2.88. The summed E-state index contributed by atoms with van der Waals surface area (Å²) in [6.45, 7) is 0. The first-order valence-electron chi connectivity index (χ1n) is 9.00. The minimum Gasteiger partial charge on any atom is -0.349 e. The van der Waals surface area contributed by atoms with Crippen molar-refractivity contribution in [2.45, 2.75) is 63.1 Å². The van der Waals surface area contributed by atoms with Gasteiger partial charge in [-0.25, -0.2) is 4.39 Å². The molecule has 0 radical (unpaired) electrons. The average molecular weight is 330 g/mol. The summed E-state index contributed by atoms with van der Waals surface area (Å²) >= 11 is 0. The van der Waals surface area contributed by atoms with Gasteiger partial charge in [0.05, 0.1) is 0 Å². The van der Waals surface area contributed by atoms with Crippen molar-refractivity contribution in [3.05, 3.63) is 35.6 Å². The van der Waals surface area contributed by atoms with E-state index >= 15 is 0 Å². The molecular weight excluding hydrogens is 307 g/mol. The topological polar surface area (TPSA) is 49.4 Å². The molecule has 1 aliphatic carbocycles. The highest BCUT2D eigenvalue weighted by Gasteiger charge is 2.45. The lowest BCUT2D eigenvalue weighted by Gasteiger charge is -2.42. The van der Waals surface area contributed by atoms with Gasteiger partial charge >= 0.3 is 0 Å². The Kier molecular flexibility index (Phi) is 4.02. The maximum absolute atomic E-state index is 13.0. The standard InChI is InChI=1S/C19H23FN2O2/c20-14-6-4-12(5-7-14)18(23)21-15-10-16-8-9-17(11-15)22(16)19(24)13-2-1-3-13/h4-7,13,15-17H,1-3,8-11H2,(H,21,23)/t15?,16-,17+. The van der Waals surface area contributed by atoms with Crippen LogP contribution in [0.25, 0.3) is 0 Å². The maximum Gasteiger partial charge on any atom is 0.251 e. The lowest BCUT2D eigenvalue weighted by atomic mass is 9.83. The Morgan fingerprint density at radius 3 is 2.17 bits per heavy atom. The van der Waals surface area contributed by atoms with Crippen LogP contribution in [0.15, 0.2) is 24.3 Å². The summed E-state index contributed by atoms with van der Waals surface area (Å²) in [4.78, 5) is 27.1. The zero-order valence-corrected chi connectivity index (χ0v) is 13.7. The van der Waals surface area contributed by atoms with Crippen LogP contribution >= 0.6 is 0 Å². The van der Waals surface area contributed by atoms with Gasteiger partial charge in [0.2, 0.25) is 5.91 Å². The van der Waals surface area contributed by atoms with Gasteiger partial charge in [0, 0.05) is 29.6 Å². The number of hydrogen-bond acceptors (Lipinski definition) is 2. The zero-order chi connectivity index (χ0) is 16.7. The van der Waals surface area contributed by atoms with E-state index in [0.717, 1.165) is 38.5 Å². The third kappa shape index (κ3) is 2.80. The quantitative estimate of drug-likeness (QED) is 0.926. The zero-order valence-electron chi connectivity index (χ0n) is 13.7. The number of nitrogens with zero attached hydrogens (tertiary/aromatic N) is 1. The van der Waals surface area contributed by atoms with Crippen LogP contribution in [0.4, 0.5) is 4.39 Å². The Morgan fingerprint density at radius 2 is 1.62 bits per heavy atom. The highest BCUT2D eigenvalue weighted by Crippen LogP contribution is 2.39. The highest BCUT2D eigenvalue weighted by atomic mass is 19.1. The highest BCUT2D eigenvalue weighted by molar-refractivity contribution is 5.94. The van der Waals surface area contributed by atoms with E-state index in [1.54, 1.807) is 0 Å². The number of benzene rings is 1. The molecule has 4 nitrogen and oxygen atoms in total. The van der Waals surface area contributed by atoms with Gasteiger partial charge in [-0.3, -0.25) is 9.59 Å². The summed E-state index contributed by atoms with van der Waals surface area (Å²) in [6, 6.07) is 6.27. The summed E-state index contributed by atoms with van der Waals surface area (Å²) in [5.41, 5.74) is 0.483. The smallest absolute Gasteiger partial charge is 0.251 e. The van der Waals surface area contributed by atoms with E-state index in [0.29, 0.717) is 11.5 Å². The molecule has 5 heteroatoms. The summed E-state index contributed by atoms with van der Waals surface area (Å²) in [6.07, 6.45) is 7.02. The van der Waals surface area contributed by atoms with E-state index in [2.05, 4.69) is 10.2 Å². The van der Waals surface area contributed by atoms with E-state index in [1.807, 2.05) is 0 Å². The molecule has 3 aliphatic rings. The van der Waals surface area contributed by atoms with Gasteiger partial charge in [0.1, 0.15) is 5.82 Å². The molecule has 1 saturated carbocycles. The summed E-state index contributed by atoms with van der Waals surface area (Å²) in [5, 5.41) is 3.07. The Morgan fingerprint density at radius 1 is 1.00 bits per heavy atom. The van der Waals surface area contributed by atoms with Gasteiger partial charge in [-0.15, -0.1) is 0 Å². The van der Waals surface area contributed by atoms with Gasteiger partial charge in [-0.2, -0.15) is 0 Å². The lowest BCUT2D eigenvalue weighted by Crippen LogP contribution is -2.54. The number of nitrogens with one attached hydrogen (secondary N) is 1. The Labute approximate surface area is 141 Å². The second-order valence-electron chi connectivity index (χ2n) is 7.41. The molecule has 2 aliphatic heterocycles. The Bertz CT molecular complexity index is 627. The fourth-order valence-corrected chi connectivity index (χ4v) is 4.39. The molecule has 24 heavy (non-hydrogen) atoms. The van der Waals surface area contributed by atoms with Crippen LogP contribution in [0.2, 0.25) is 0 Å².